The summed E-state index contributed by atoms with van der Waals surface area (Å²) in [6.45, 7) is 2.26. The third-order valence-electron chi connectivity index (χ3n) is 1.49. The van der Waals surface area contributed by atoms with Crippen LogP contribution in [0.4, 0.5) is 0 Å². The molecule has 1 aromatic heterocycles. The highest BCUT2D eigenvalue weighted by Gasteiger charge is 2.05. The van der Waals surface area contributed by atoms with Crippen LogP contribution in [0.1, 0.15) is 17.3 Å². The van der Waals surface area contributed by atoms with Crippen molar-refractivity contribution >= 4 is 17.4 Å². The molecule has 0 N–H and O–H groups in total. The molecule has 0 aromatic carbocycles. The molecule has 0 bridgehead atoms. The van der Waals surface area contributed by atoms with Gasteiger partial charge in [0, 0.05) is 6.20 Å². The molecule has 1 rings (SSSR count). The quantitative estimate of drug-likeness (QED) is 0.415. The van der Waals surface area contributed by atoms with E-state index in [1.54, 1.807) is 17.8 Å². The van der Waals surface area contributed by atoms with Gasteiger partial charge in [-0.3, -0.25) is 9.48 Å². The van der Waals surface area contributed by atoms with Gasteiger partial charge < -0.3 is 0 Å². The number of ketones is 1. The summed E-state index contributed by atoms with van der Waals surface area (Å²) in [5, 5.41) is 3.96. The van der Waals surface area contributed by atoms with Crippen LogP contribution in [0.15, 0.2) is 12.4 Å². The molecule has 0 saturated heterocycles. The van der Waals surface area contributed by atoms with Crippen molar-refractivity contribution in [2.75, 3.05) is 5.88 Å². The minimum absolute atomic E-state index is 0.00878. The Kier molecular flexibility index (Phi) is 3.53. The molecule has 1 heterocycles. The highest BCUT2D eigenvalue weighted by molar-refractivity contribution is 6.30. The third kappa shape index (κ3) is 2.60. The van der Waals surface area contributed by atoms with Gasteiger partial charge in [-0.2, -0.15) is 5.10 Å². The second-order valence-corrected chi connectivity index (χ2v) is 2.68. The first kappa shape index (κ1) is 9.82. The van der Waals surface area contributed by atoms with Gasteiger partial charge in [0.25, 0.3) is 0 Å². The van der Waals surface area contributed by atoms with E-state index >= 15 is 0 Å². The highest BCUT2D eigenvalue weighted by atomic mass is 35.5. The molecule has 0 spiro atoms. The van der Waals surface area contributed by atoms with E-state index in [-0.39, 0.29) is 11.7 Å². The van der Waals surface area contributed by atoms with Gasteiger partial charge in [-0.15, -0.1) is 17.5 Å². The largest absolute Gasteiger partial charge is 0.293 e. The fraction of sp³-hybridized carbons (Fsp3) is 0.333. The number of halogens is 1. The third-order valence-corrected chi connectivity index (χ3v) is 1.74. The maximum Gasteiger partial charge on any atom is 0.180 e. The first-order valence-electron chi connectivity index (χ1n) is 3.79. The van der Waals surface area contributed by atoms with Gasteiger partial charge in [-0.05, 0) is 6.92 Å². The monoisotopic (exact) mass is 196 g/mol. The molecular weight excluding hydrogens is 188 g/mol. The molecule has 0 saturated carbocycles. The predicted octanol–water partition coefficient (Wildman–Crippen LogP) is 1.33. The van der Waals surface area contributed by atoms with Gasteiger partial charge in [-0.1, -0.05) is 5.92 Å². The number of hydrogen-bond acceptors (Lipinski definition) is 2. The Morgan fingerprint density at radius 2 is 2.54 bits per heavy atom. The number of alkyl halides is 1. The Morgan fingerprint density at radius 1 is 1.77 bits per heavy atom. The molecule has 0 radical (unpaired) electrons. The molecular formula is C9H9ClN2O. The lowest BCUT2D eigenvalue weighted by molar-refractivity contribution is 0.102. The molecule has 13 heavy (non-hydrogen) atoms. The number of aromatic nitrogens is 2. The first-order valence-corrected chi connectivity index (χ1v) is 4.32. The van der Waals surface area contributed by atoms with Crippen LogP contribution < -0.4 is 0 Å². The van der Waals surface area contributed by atoms with Gasteiger partial charge in [0.05, 0.1) is 17.6 Å². The number of carbonyl (C=O) groups excluding carboxylic acids is 1. The smallest absolute Gasteiger partial charge is 0.180 e. The SMILES string of the molecule is CC#CCn1cc(C(=O)CCl)cn1. The van der Waals surface area contributed by atoms with E-state index in [0.29, 0.717) is 12.1 Å². The van der Waals surface area contributed by atoms with E-state index < -0.39 is 0 Å². The van der Waals surface area contributed by atoms with E-state index in [4.69, 9.17) is 11.6 Å². The van der Waals surface area contributed by atoms with Crippen molar-refractivity contribution in [2.45, 2.75) is 13.5 Å². The number of hydrogen-bond donors (Lipinski definition) is 0. The average molecular weight is 197 g/mol. The van der Waals surface area contributed by atoms with Crippen LogP contribution >= 0.6 is 11.6 Å². The van der Waals surface area contributed by atoms with Crippen LogP contribution in [0.25, 0.3) is 0 Å². The molecule has 0 fully saturated rings. The van der Waals surface area contributed by atoms with E-state index in [0.717, 1.165) is 0 Å². The van der Waals surface area contributed by atoms with E-state index in [1.807, 2.05) is 0 Å². The average Bonchev–Trinajstić information content (AvgIpc) is 2.62. The van der Waals surface area contributed by atoms with E-state index in [9.17, 15) is 4.79 Å². The van der Waals surface area contributed by atoms with Crippen molar-refractivity contribution in [3.63, 3.8) is 0 Å². The van der Waals surface area contributed by atoms with Gasteiger partial charge in [-0.25, -0.2) is 0 Å². The zero-order valence-electron chi connectivity index (χ0n) is 7.25. The lowest BCUT2D eigenvalue weighted by Crippen LogP contribution is -1.99. The fourth-order valence-corrected chi connectivity index (χ4v) is 0.986. The minimum Gasteiger partial charge on any atom is -0.293 e. The van der Waals surface area contributed by atoms with Crippen molar-refractivity contribution in [3.05, 3.63) is 18.0 Å². The van der Waals surface area contributed by atoms with Gasteiger partial charge in [0.2, 0.25) is 0 Å². The number of rotatable bonds is 3. The Labute approximate surface area is 81.7 Å². The summed E-state index contributed by atoms with van der Waals surface area (Å²) in [6.07, 6.45) is 3.15. The van der Waals surface area contributed by atoms with Gasteiger partial charge in [0.15, 0.2) is 5.78 Å². The van der Waals surface area contributed by atoms with Crippen molar-refractivity contribution in [3.8, 4) is 11.8 Å². The van der Waals surface area contributed by atoms with Crippen molar-refractivity contribution in [1.29, 1.82) is 0 Å². The standard InChI is InChI=1S/C9H9ClN2O/c1-2-3-4-12-7-8(6-11-12)9(13)5-10/h6-7H,4-5H2,1H3. The Bertz CT molecular complexity index is 359. The fourth-order valence-electron chi connectivity index (χ4n) is 0.831. The highest BCUT2D eigenvalue weighted by Crippen LogP contribution is 2.00. The van der Waals surface area contributed by atoms with Gasteiger partial charge >= 0.3 is 0 Å². The molecule has 0 unspecified atom stereocenters. The van der Waals surface area contributed by atoms with E-state index in [2.05, 4.69) is 16.9 Å². The summed E-state index contributed by atoms with van der Waals surface area (Å²) in [6, 6.07) is 0. The Morgan fingerprint density at radius 3 is 3.15 bits per heavy atom. The van der Waals surface area contributed by atoms with Crippen molar-refractivity contribution in [1.82, 2.24) is 9.78 Å². The molecule has 1 aromatic rings. The van der Waals surface area contributed by atoms with E-state index in [1.165, 1.54) is 6.20 Å². The summed E-state index contributed by atoms with van der Waals surface area (Å²) in [5.41, 5.74) is 0.535. The summed E-state index contributed by atoms with van der Waals surface area (Å²) in [4.78, 5) is 11.1. The lowest BCUT2D eigenvalue weighted by Gasteiger charge is -1.90. The maximum atomic E-state index is 11.1. The van der Waals surface area contributed by atoms with Gasteiger partial charge in [0.1, 0.15) is 6.54 Å². The molecule has 0 atom stereocenters. The second-order valence-electron chi connectivity index (χ2n) is 2.41. The van der Waals surface area contributed by atoms with Crippen LogP contribution in [-0.4, -0.2) is 21.4 Å². The summed E-state index contributed by atoms with van der Waals surface area (Å²) >= 11 is 5.39. The molecule has 0 aliphatic heterocycles. The Hall–Kier alpha value is -1.27. The van der Waals surface area contributed by atoms with Crippen LogP contribution in [0.2, 0.25) is 0 Å². The first-order chi connectivity index (χ1) is 6.27. The summed E-state index contributed by atoms with van der Waals surface area (Å²) in [7, 11) is 0. The molecule has 3 nitrogen and oxygen atoms in total. The molecule has 4 heteroatoms. The zero-order valence-corrected chi connectivity index (χ0v) is 8.01. The maximum absolute atomic E-state index is 11.1. The second kappa shape index (κ2) is 4.68. The number of Topliss-reactive ketones (excluding diaryl/α,β-unsaturated/α-hetero) is 1. The topological polar surface area (TPSA) is 34.9 Å². The molecule has 0 aliphatic carbocycles. The molecule has 68 valence electrons. The van der Waals surface area contributed by atoms with Crippen molar-refractivity contribution < 1.29 is 4.79 Å². The molecule has 0 amide bonds. The Balaban J connectivity index is 2.72. The normalized spacial score (nSPS) is 9.08. The van der Waals surface area contributed by atoms with Crippen LogP contribution in [0.5, 0.6) is 0 Å². The number of nitrogens with zero attached hydrogens (tertiary/aromatic N) is 2. The zero-order chi connectivity index (χ0) is 9.68. The predicted molar refractivity (Wildman–Crippen MR) is 50.7 cm³/mol. The lowest BCUT2D eigenvalue weighted by atomic mass is 10.3. The summed E-state index contributed by atoms with van der Waals surface area (Å²) < 4.78 is 1.61. The summed E-state index contributed by atoms with van der Waals surface area (Å²) in [5.74, 6) is 5.47. The van der Waals surface area contributed by atoms with Crippen molar-refractivity contribution in [2.24, 2.45) is 0 Å². The van der Waals surface area contributed by atoms with Crippen LogP contribution in [0, 0.1) is 11.8 Å². The minimum atomic E-state index is -0.114. The van der Waals surface area contributed by atoms with Crippen LogP contribution in [0.3, 0.4) is 0 Å². The molecule has 0 aliphatic rings. The van der Waals surface area contributed by atoms with Crippen LogP contribution in [-0.2, 0) is 6.54 Å². The number of carbonyl (C=O) groups is 1.